The third-order valence-corrected chi connectivity index (χ3v) is 5.15. The molecule has 1 amide bonds. The molecule has 3 aromatic rings. The summed E-state index contributed by atoms with van der Waals surface area (Å²) >= 11 is 6.29. The molecule has 0 aliphatic carbocycles. The fraction of sp³-hybridized carbons (Fsp3) is 0.250. The van der Waals surface area contributed by atoms with Gasteiger partial charge >= 0.3 is 5.97 Å². The summed E-state index contributed by atoms with van der Waals surface area (Å²) < 4.78 is 5.12. The lowest BCUT2D eigenvalue weighted by molar-refractivity contribution is 0.0526. The summed E-state index contributed by atoms with van der Waals surface area (Å²) in [5.74, 6) is -0.419. The Hall–Kier alpha value is -3.69. The smallest absolute Gasteiger partial charge is 0.343 e. The van der Waals surface area contributed by atoms with E-state index in [0.717, 1.165) is 5.56 Å². The summed E-state index contributed by atoms with van der Waals surface area (Å²) in [7, 11) is 3.29. The van der Waals surface area contributed by atoms with Crippen LogP contribution < -0.4 is 10.6 Å². The Balaban J connectivity index is 1.91. The summed E-state index contributed by atoms with van der Waals surface area (Å²) in [5, 5.41) is 16.3. The number of aliphatic hydroxyl groups excluding tert-OH is 1. The van der Waals surface area contributed by atoms with Gasteiger partial charge in [-0.05, 0) is 30.7 Å². The molecule has 0 fully saturated rings. The van der Waals surface area contributed by atoms with Crippen LogP contribution in [0.2, 0.25) is 5.02 Å². The first kappa shape index (κ1) is 24.9. The van der Waals surface area contributed by atoms with E-state index in [0.29, 0.717) is 11.3 Å². The number of nitrogens with one attached hydrogen (secondary N) is 2. The minimum Gasteiger partial charge on any atom is -0.462 e. The van der Waals surface area contributed by atoms with Crippen LogP contribution in [0, 0.1) is 0 Å². The van der Waals surface area contributed by atoms with E-state index in [1.54, 1.807) is 39.2 Å². The lowest BCUT2D eigenvalue weighted by Crippen LogP contribution is -2.22. The molecule has 10 heteroatoms. The molecule has 0 unspecified atom stereocenters. The molecule has 34 heavy (non-hydrogen) atoms. The number of aromatic nitrogens is 2. The van der Waals surface area contributed by atoms with Gasteiger partial charge in [-0.25, -0.2) is 9.78 Å². The molecule has 0 saturated heterocycles. The highest BCUT2D eigenvalue weighted by molar-refractivity contribution is 6.34. The number of ether oxygens (including phenoxy) is 1. The third-order valence-electron chi connectivity index (χ3n) is 4.84. The molecule has 2 aromatic carbocycles. The SMILES string of the molecule is CCOC(=O)c1cnc(Nc2ccc(C(=O)N(C)C)c(Cl)c2)nc1N[C@H](CO)c1ccccc1. The van der Waals surface area contributed by atoms with E-state index in [1.165, 1.54) is 11.1 Å². The van der Waals surface area contributed by atoms with Crippen LogP contribution in [0.25, 0.3) is 0 Å². The number of carbonyl (C=O) groups is 2. The van der Waals surface area contributed by atoms with Gasteiger partial charge in [-0.1, -0.05) is 41.9 Å². The minimum absolute atomic E-state index is 0.131. The fourth-order valence-corrected chi connectivity index (χ4v) is 3.39. The van der Waals surface area contributed by atoms with Crippen LogP contribution in [0.4, 0.5) is 17.5 Å². The maximum absolute atomic E-state index is 12.5. The number of amides is 1. The summed E-state index contributed by atoms with van der Waals surface area (Å²) in [5.41, 5.74) is 1.87. The molecule has 178 valence electrons. The van der Waals surface area contributed by atoms with Gasteiger partial charge in [0.1, 0.15) is 11.4 Å². The molecule has 0 saturated carbocycles. The van der Waals surface area contributed by atoms with Crippen LogP contribution >= 0.6 is 11.6 Å². The van der Waals surface area contributed by atoms with Crippen LogP contribution in [0.1, 0.15) is 39.2 Å². The summed E-state index contributed by atoms with van der Waals surface area (Å²) in [6.45, 7) is 1.67. The number of aliphatic hydroxyl groups is 1. The Morgan fingerprint density at radius 2 is 1.88 bits per heavy atom. The molecule has 9 nitrogen and oxygen atoms in total. The van der Waals surface area contributed by atoms with E-state index in [9.17, 15) is 14.7 Å². The Morgan fingerprint density at radius 3 is 2.50 bits per heavy atom. The Morgan fingerprint density at radius 1 is 1.15 bits per heavy atom. The van der Waals surface area contributed by atoms with Gasteiger partial charge in [-0.15, -0.1) is 0 Å². The zero-order chi connectivity index (χ0) is 24.7. The zero-order valence-electron chi connectivity index (χ0n) is 19.1. The first-order valence-corrected chi connectivity index (χ1v) is 11.0. The number of esters is 1. The molecular formula is C24H26ClN5O4. The van der Waals surface area contributed by atoms with Crippen molar-refractivity contribution in [2.24, 2.45) is 0 Å². The van der Waals surface area contributed by atoms with Crippen LogP contribution in [0.5, 0.6) is 0 Å². The predicted octanol–water partition coefficient (Wildman–Crippen LogP) is 3.90. The number of nitrogens with zero attached hydrogens (tertiary/aromatic N) is 3. The van der Waals surface area contributed by atoms with Crippen LogP contribution in [-0.2, 0) is 4.74 Å². The molecule has 0 spiro atoms. The van der Waals surface area contributed by atoms with E-state index < -0.39 is 12.0 Å². The molecule has 0 aliphatic heterocycles. The van der Waals surface area contributed by atoms with Crippen molar-refractivity contribution in [2.45, 2.75) is 13.0 Å². The number of carbonyl (C=O) groups excluding carboxylic acids is 2. The highest BCUT2D eigenvalue weighted by Crippen LogP contribution is 2.26. The Labute approximate surface area is 202 Å². The average molecular weight is 484 g/mol. The van der Waals surface area contributed by atoms with Gasteiger partial charge in [-0.2, -0.15) is 4.98 Å². The fourth-order valence-electron chi connectivity index (χ4n) is 3.13. The largest absolute Gasteiger partial charge is 0.462 e. The highest BCUT2D eigenvalue weighted by Gasteiger charge is 2.20. The molecule has 3 N–H and O–H groups in total. The van der Waals surface area contributed by atoms with Crippen molar-refractivity contribution in [2.75, 3.05) is 37.9 Å². The number of hydrogen-bond acceptors (Lipinski definition) is 8. The molecule has 1 aromatic heterocycles. The van der Waals surface area contributed by atoms with Gasteiger partial charge in [0.2, 0.25) is 5.95 Å². The standard InChI is InChI=1S/C24H26ClN5O4/c1-4-34-23(33)18-13-26-24(27-16-10-11-17(19(25)12-16)22(32)30(2)3)29-21(18)28-20(14-31)15-8-6-5-7-9-15/h5-13,20,31H,4,14H2,1-3H3,(H2,26,27,28,29)/t20-/m1/s1. The Bertz CT molecular complexity index is 1160. The van der Waals surface area contributed by atoms with Crippen molar-refractivity contribution in [3.05, 3.63) is 76.4 Å². The molecular weight excluding hydrogens is 458 g/mol. The number of halogens is 1. The van der Waals surface area contributed by atoms with Crippen molar-refractivity contribution in [3.8, 4) is 0 Å². The Kier molecular flexibility index (Phi) is 8.39. The summed E-state index contributed by atoms with van der Waals surface area (Å²) in [6, 6.07) is 13.7. The lowest BCUT2D eigenvalue weighted by Gasteiger charge is -2.19. The van der Waals surface area contributed by atoms with E-state index in [4.69, 9.17) is 16.3 Å². The second-order valence-corrected chi connectivity index (χ2v) is 7.89. The highest BCUT2D eigenvalue weighted by atomic mass is 35.5. The van der Waals surface area contributed by atoms with Crippen LogP contribution in [-0.4, -0.2) is 59.2 Å². The van der Waals surface area contributed by atoms with Crippen molar-refractivity contribution in [3.63, 3.8) is 0 Å². The van der Waals surface area contributed by atoms with E-state index >= 15 is 0 Å². The van der Waals surface area contributed by atoms with Crippen molar-refractivity contribution in [1.82, 2.24) is 14.9 Å². The van der Waals surface area contributed by atoms with E-state index in [-0.39, 0.29) is 41.5 Å². The molecule has 0 bridgehead atoms. The van der Waals surface area contributed by atoms with Crippen molar-refractivity contribution >= 4 is 40.9 Å². The van der Waals surface area contributed by atoms with E-state index in [1.807, 2.05) is 30.3 Å². The normalized spacial score (nSPS) is 11.4. The second kappa shape index (κ2) is 11.4. The number of rotatable bonds is 9. The lowest BCUT2D eigenvalue weighted by atomic mass is 10.1. The topological polar surface area (TPSA) is 117 Å². The molecule has 3 rings (SSSR count). The molecule has 1 heterocycles. The number of benzene rings is 2. The molecule has 0 aliphatic rings. The first-order valence-electron chi connectivity index (χ1n) is 10.6. The molecule has 1 atom stereocenters. The third kappa shape index (κ3) is 6.00. The van der Waals surface area contributed by atoms with Gasteiger partial charge in [0.15, 0.2) is 0 Å². The summed E-state index contributed by atoms with van der Waals surface area (Å²) in [4.78, 5) is 34.8. The molecule has 0 radical (unpaired) electrons. The van der Waals surface area contributed by atoms with Gasteiger partial charge in [0.25, 0.3) is 5.91 Å². The maximum Gasteiger partial charge on any atom is 0.343 e. The van der Waals surface area contributed by atoms with Gasteiger partial charge in [0, 0.05) is 26.0 Å². The van der Waals surface area contributed by atoms with Crippen molar-refractivity contribution < 1.29 is 19.4 Å². The quantitative estimate of drug-likeness (QED) is 0.392. The van der Waals surface area contributed by atoms with Crippen molar-refractivity contribution in [1.29, 1.82) is 0 Å². The maximum atomic E-state index is 12.5. The van der Waals surface area contributed by atoms with Gasteiger partial charge in [0.05, 0.1) is 29.8 Å². The average Bonchev–Trinajstić information content (AvgIpc) is 2.83. The monoisotopic (exact) mass is 483 g/mol. The van der Waals surface area contributed by atoms with Gasteiger partial charge < -0.3 is 25.4 Å². The minimum atomic E-state index is -0.587. The van der Waals surface area contributed by atoms with E-state index in [2.05, 4.69) is 20.6 Å². The van der Waals surface area contributed by atoms with Crippen LogP contribution in [0.3, 0.4) is 0 Å². The second-order valence-electron chi connectivity index (χ2n) is 7.49. The van der Waals surface area contributed by atoms with Gasteiger partial charge in [-0.3, -0.25) is 4.79 Å². The summed E-state index contributed by atoms with van der Waals surface area (Å²) in [6.07, 6.45) is 1.35. The van der Waals surface area contributed by atoms with Crippen LogP contribution in [0.15, 0.2) is 54.7 Å². The first-order chi connectivity index (χ1) is 16.3. The number of anilines is 3. The zero-order valence-corrected chi connectivity index (χ0v) is 19.8. The predicted molar refractivity (Wildman–Crippen MR) is 131 cm³/mol. The number of hydrogen-bond donors (Lipinski definition) is 3.